The van der Waals surface area contributed by atoms with Gasteiger partial charge in [0.05, 0.1) is 41.0 Å². The molecule has 9 nitrogen and oxygen atoms in total. The minimum Gasteiger partial charge on any atom is -0.358 e. The molecule has 0 saturated heterocycles. The molecule has 0 aliphatic heterocycles. The monoisotopic (exact) mass is 422 g/mol. The van der Waals surface area contributed by atoms with Crippen molar-refractivity contribution in [3.05, 3.63) is 67.6 Å². The molecule has 0 aliphatic carbocycles. The normalized spacial score (nSPS) is 10.9. The van der Waals surface area contributed by atoms with Crippen LogP contribution in [0.1, 0.15) is 17.0 Å². The maximum absolute atomic E-state index is 12.3. The van der Waals surface area contributed by atoms with Crippen molar-refractivity contribution in [1.82, 2.24) is 19.6 Å². The van der Waals surface area contributed by atoms with Crippen LogP contribution in [0.2, 0.25) is 10.0 Å². The molecule has 1 N–H and O–H groups in total. The third-order valence-corrected chi connectivity index (χ3v) is 4.84. The topological polar surface area (TPSA) is 108 Å². The summed E-state index contributed by atoms with van der Waals surface area (Å²) in [5.74, 6) is -0.691. The molecule has 0 spiro atoms. The first-order valence-electron chi connectivity index (χ1n) is 8.21. The molecular formula is C17H16Cl2N6O3. The van der Waals surface area contributed by atoms with E-state index in [1.807, 2.05) is 6.92 Å². The Hall–Kier alpha value is -2.91. The van der Waals surface area contributed by atoms with E-state index >= 15 is 0 Å². The van der Waals surface area contributed by atoms with Crippen molar-refractivity contribution in [2.75, 3.05) is 5.32 Å². The van der Waals surface area contributed by atoms with E-state index in [1.54, 1.807) is 29.8 Å². The molecule has 1 amide bonds. The highest BCUT2D eigenvalue weighted by Gasteiger charge is 2.18. The Kier molecular flexibility index (Phi) is 5.66. The smallest absolute Gasteiger partial charge is 0.358 e. The van der Waals surface area contributed by atoms with Crippen molar-refractivity contribution in [3.8, 4) is 0 Å². The van der Waals surface area contributed by atoms with Crippen molar-refractivity contribution in [2.24, 2.45) is 0 Å². The molecular weight excluding hydrogens is 407 g/mol. The minimum absolute atomic E-state index is 0.158. The lowest BCUT2D eigenvalue weighted by atomic mass is 10.2. The summed E-state index contributed by atoms with van der Waals surface area (Å²) in [4.78, 5) is 22.4. The molecule has 0 unspecified atom stereocenters. The van der Waals surface area contributed by atoms with Crippen LogP contribution in [0.25, 0.3) is 0 Å². The van der Waals surface area contributed by atoms with Gasteiger partial charge in [0, 0.05) is 15.6 Å². The summed E-state index contributed by atoms with van der Waals surface area (Å²) in [6.07, 6.45) is 1.38. The SMILES string of the molecule is Cc1nn(Cc2c(Cl)cccc2Cl)c(C)c1NC(=O)Cn1ccc([N+](=O)[O-])n1. The van der Waals surface area contributed by atoms with Crippen LogP contribution < -0.4 is 5.32 Å². The van der Waals surface area contributed by atoms with Crippen LogP contribution in [0.3, 0.4) is 0 Å². The molecule has 146 valence electrons. The number of carbonyl (C=O) groups is 1. The summed E-state index contributed by atoms with van der Waals surface area (Å²) < 4.78 is 2.91. The number of halogens is 2. The highest BCUT2D eigenvalue weighted by molar-refractivity contribution is 6.35. The van der Waals surface area contributed by atoms with E-state index in [2.05, 4.69) is 15.5 Å². The highest BCUT2D eigenvalue weighted by Crippen LogP contribution is 2.27. The summed E-state index contributed by atoms with van der Waals surface area (Å²) in [7, 11) is 0. The van der Waals surface area contributed by atoms with E-state index in [1.165, 1.54) is 16.9 Å². The second kappa shape index (κ2) is 7.99. The van der Waals surface area contributed by atoms with Gasteiger partial charge in [0.2, 0.25) is 5.91 Å². The number of nitrogens with zero attached hydrogens (tertiary/aromatic N) is 5. The second-order valence-electron chi connectivity index (χ2n) is 6.08. The van der Waals surface area contributed by atoms with Crippen molar-refractivity contribution in [1.29, 1.82) is 0 Å². The zero-order chi connectivity index (χ0) is 20.4. The summed E-state index contributed by atoms with van der Waals surface area (Å²) in [5.41, 5.74) is 2.65. The molecule has 3 aromatic rings. The standard InChI is InChI=1S/C17H16Cl2N6O3/c1-10-17(20-16(26)9-23-7-6-15(22-23)25(27)28)11(2)24(21-10)8-12-13(18)4-3-5-14(12)19/h3-7H,8-9H2,1-2H3,(H,20,26). The van der Waals surface area contributed by atoms with Gasteiger partial charge in [-0.25, -0.2) is 0 Å². The second-order valence-corrected chi connectivity index (χ2v) is 6.89. The van der Waals surface area contributed by atoms with Crippen molar-refractivity contribution < 1.29 is 9.72 Å². The van der Waals surface area contributed by atoms with E-state index in [-0.39, 0.29) is 18.3 Å². The average molecular weight is 423 g/mol. The van der Waals surface area contributed by atoms with Crippen molar-refractivity contribution in [3.63, 3.8) is 0 Å². The molecule has 0 aliphatic rings. The Morgan fingerprint density at radius 3 is 2.50 bits per heavy atom. The molecule has 28 heavy (non-hydrogen) atoms. The van der Waals surface area contributed by atoms with Crippen LogP contribution >= 0.6 is 23.2 Å². The number of nitro groups is 1. The Labute approximate surface area is 170 Å². The molecule has 2 heterocycles. The molecule has 3 rings (SSSR count). The first-order chi connectivity index (χ1) is 13.3. The predicted octanol–water partition coefficient (Wildman–Crippen LogP) is 3.60. The fraction of sp³-hybridized carbons (Fsp3) is 0.235. The Bertz CT molecular complexity index is 1040. The van der Waals surface area contributed by atoms with Crippen LogP contribution in [0, 0.1) is 24.0 Å². The Morgan fingerprint density at radius 2 is 1.89 bits per heavy atom. The zero-order valence-corrected chi connectivity index (χ0v) is 16.5. The molecule has 2 aromatic heterocycles. The number of anilines is 1. The average Bonchev–Trinajstić information content (AvgIpc) is 3.19. The van der Waals surface area contributed by atoms with Gasteiger partial charge in [-0.05, 0) is 30.9 Å². The van der Waals surface area contributed by atoms with Gasteiger partial charge in [-0.1, -0.05) is 29.3 Å². The predicted molar refractivity (Wildman–Crippen MR) is 105 cm³/mol. The number of benzene rings is 1. The lowest BCUT2D eigenvalue weighted by molar-refractivity contribution is -0.389. The Morgan fingerprint density at radius 1 is 1.21 bits per heavy atom. The molecule has 0 atom stereocenters. The van der Waals surface area contributed by atoms with Gasteiger partial charge in [0.25, 0.3) is 0 Å². The van der Waals surface area contributed by atoms with Crippen LogP contribution in [0.4, 0.5) is 11.5 Å². The molecule has 0 bridgehead atoms. The number of amides is 1. The zero-order valence-electron chi connectivity index (χ0n) is 15.0. The summed E-state index contributed by atoms with van der Waals surface area (Å²) in [6, 6.07) is 6.50. The van der Waals surface area contributed by atoms with E-state index < -0.39 is 4.92 Å². The third kappa shape index (κ3) is 4.15. The van der Waals surface area contributed by atoms with Gasteiger partial charge in [-0.2, -0.15) is 9.78 Å². The van der Waals surface area contributed by atoms with E-state index in [9.17, 15) is 14.9 Å². The number of hydrogen-bond donors (Lipinski definition) is 1. The fourth-order valence-corrected chi connectivity index (χ4v) is 3.24. The number of nitrogens with one attached hydrogen (secondary N) is 1. The number of aromatic nitrogens is 4. The number of carbonyl (C=O) groups excluding carboxylic acids is 1. The molecule has 0 saturated carbocycles. The molecule has 0 fully saturated rings. The molecule has 1 aromatic carbocycles. The van der Waals surface area contributed by atoms with Crippen molar-refractivity contribution >= 4 is 40.6 Å². The van der Waals surface area contributed by atoms with Gasteiger partial charge in [-0.3, -0.25) is 9.48 Å². The van der Waals surface area contributed by atoms with E-state index in [0.717, 1.165) is 11.3 Å². The highest BCUT2D eigenvalue weighted by atomic mass is 35.5. The van der Waals surface area contributed by atoms with Gasteiger partial charge in [0.15, 0.2) is 0 Å². The van der Waals surface area contributed by atoms with Crippen LogP contribution in [-0.4, -0.2) is 30.4 Å². The quantitative estimate of drug-likeness (QED) is 0.482. The molecule has 11 heteroatoms. The van der Waals surface area contributed by atoms with E-state index in [4.69, 9.17) is 23.2 Å². The maximum atomic E-state index is 12.3. The van der Waals surface area contributed by atoms with Crippen LogP contribution in [0.5, 0.6) is 0 Å². The van der Waals surface area contributed by atoms with Gasteiger partial charge in [-0.15, -0.1) is 0 Å². The summed E-state index contributed by atoms with van der Waals surface area (Å²) >= 11 is 12.4. The summed E-state index contributed by atoms with van der Waals surface area (Å²) in [6.45, 7) is 3.78. The van der Waals surface area contributed by atoms with Gasteiger partial charge >= 0.3 is 5.82 Å². The van der Waals surface area contributed by atoms with Crippen LogP contribution in [0.15, 0.2) is 30.5 Å². The first kappa shape index (κ1) is 19.8. The first-order valence-corrected chi connectivity index (χ1v) is 8.96. The third-order valence-electron chi connectivity index (χ3n) is 4.13. The van der Waals surface area contributed by atoms with Crippen LogP contribution in [-0.2, 0) is 17.9 Å². The minimum atomic E-state index is -0.618. The fourth-order valence-electron chi connectivity index (χ4n) is 2.73. The van der Waals surface area contributed by atoms with E-state index in [0.29, 0.717) is 28.0 Å². The van der Waals surface area contributed by atoms with Gasteiger partial charge < -0.3 is 15.4 Å². The van der Waals surface area contributed by atoms with Gasteiger partial charge in [0.1, 0.15) is 6.54 Å². The Balaban J connectivity index is 1.76. The maximum Gasteiger partial charge on any atom is 0.389 e. The lowest BCUT2D eigenvalue weighted by Crippen LogP contribution is -2.20. The number of rotatable bonds is 6. The number of hydrogen-bond acceptors (Lipinski definition) is 5. The van der Waals surface area contributed by atoms with Crippen molar-refractivity contribution in [2.45, 2.75) is 26.9 Å². The largest absolute Gasteiger partial charge is 0.389 e. The lowest BCUT2D eigenvalue weighted by Gasteiger charge is -2.09. The molecule has 0 radical (unpaired) electrons. The number of aryl methyl sites for hydroxylation is 1. The summed E-state index contributed by atoms with van der Waals surface area (Å²) in [5, 5.41) is 22.7.